The number of fused-ring (bicyclic) bond motifs is 2. The van der Waals surface area contributed by atoms with Gasteiger partial charge in [-0.2, -0.15) is 0 Å². The number of imide groups is 1. The van der Waals surface area contributed by atoms with Crippen LogP contribution in [0.5, 0.6) is 0 Å². The fourth-order valence-corrected chi connectivity index (χ4v) is 5.82. The van der Waals surface area contributed by atoms with Gasteiger partial charge in [0, 0.05) is 4.88 Å². The number of thiophene rings is 1. The molecule has 33 heavy (non-hydrogen) atoms. The number of hydrogen-bond acceptors (Lipinski definition) is 6. The number of ether oxygens (including phenoxy) is 1. The molecule has 174 valence electrons. The van der Waals surface area contributed by atoms with Gasteiger partial charge in [-0.1, -0.05) is 26.0 Å². The highest BCUT2D eigenvalue weighted by atomic mass is 32.1. The summed E-state index contributed by atoms with van der Waals surface area (Å²) in [6.07, 6.45) is 3.96. The van der Waals surface area contributed by atoms with E-state index in [4.69, 9.17) is 4.74 Å². The molecule has 4 rings (SSSR count). The lowest BCUT2D eigenvalue weighted by Gasteiger charge is -2.26. The molecular formula is C25H28N2O5S. The summed E-state index contributed by atoms with van der Waals surface area (Å²) in [5.74, 6) is -1.79. The normalized spacial score (nSPS) is 15.9. The number of benzene rings is 1. The Morgan fingerprint density at radius 2 is 1.73 bits per heavy atom. The van der Waals surface area contributed by atoms with Gasteiger partial charge >= 0.3 is 5.97 Å². The molecule has 0 bridgehead atoms. The summed E-state index contributed by atoms with van der Waals surface area (Å²) in [5, 5.41) is 3.33. The van der Waals surface area contributed by atoms with E-state index < -0.39 is 29.7 Å². The Hall–Kier alpha value is -3.00. The van der Waals surface area contributed by atoms with Crippen LogP contribution in [0.3, 0.4) is 0 Å². The van der Waals surface area contributed by atoms with Crippen LogP contribution in [0.25, 0.3) is 0 Å². The van der Waals surface area contributed by atoms with Crippen molar-refractivity contribution >= 4 is 40.0 Å². The van der Waals surface area contributed by atoms with Crippen molar-refractivity contribution in [1.29, 1.82) is 0 Å². The van der Waals surface area contributed by atoms with E-state index in [0.29, 0.717) is 28.1 Å². The second-order valence-corrected chi connectivity index (χ2v) is 9.90. The Kier molecular flexibility index (Phi) is 6.65. The van der Waals surface area contributed by atoms with Gasteiger partial charge in [-0.15, -0.1) is 11.3 Å². The van der Waals surface area contributed by atoms with Gasteiger partial charge < -0.3 is 10.1 Å². The molecule has 2 aromatic rings. The van der Waals surface area contributed by atoms with Gasteiger partial charge in [-0.05, 0) is 62.6 Å². The van der Waals surface area contributed by atoms with Crippen molar-refractivity contribution < 1.29 is 23.9 Å². The summed E-state index contributed by atoms with van der Waals surface area (Å²) < 4.78 is 5.27. The number of rotatable bonds is 7. The Morgan fingerprint density at radius 1 is 1.09 bits per heavy atom. The monoisotopic (exact) mass is 468 g/mol. The van der Waals surface area contributed by atoms with Gasteiger partial charge in [0.05, 0.1) is 23.3 Å². The molecule has 1 N–H and O–H groups in total. The molecule has 1 aromatic carbocycles. The number of nitrogens with one attached hydrogen (secondary N) is 1. The summed E-state index contributed by atoms with van der Waals surface area (Å²) in [6, 6.07) is 5.63. The van der Waals surface area contributed by atoms with Crippen LogP contribution in [-0.4, -0.2) is 41.2 Å². The van der Waals surface area contributed by atoms with E-state index in [0.717, 1.165) is 41.0 Å². The molecule has 2 aliphatic rings. The van der Waals surface area contributed by atoms with Crippen LogP contribution in [0.15, 0.2) is 24.3 Å². The molecule has 7 nitrogen and oxygen atoms in total. The fourth-order valence-electron chi connectivity index (χ4n) is 4.54. The molecule has 1 aliphatic carbocycles. The summed E-state index contributed by atoms with van der Waals surface area (Å²) in [5.41, 5.74) is 1.97. The summed E-state index contributed by atoms with van der Waals surface area (Å²) in [7, 11) is 0. The second kappa shape index (κ2) is 9.47. The number of esters is 1. The number of nitrogens with zero attached hydrogens (tertiary/aromatic N) is 1. The van der Waals surface area contributed by atoms with Crippen molar-refractivity contribution in [3.8, 4) is 0 Å². The largest absolute Gasteiger partial charge is 0.462 e. The Morgan fingerprint density at radius 3 is 2.33 bits per heavy atom. The van der Waals surface area contributed by atoms with Crippen LogP contribution >= 0.6 is 11.3 Å². The smallest absolute Gasteiger partial charge is 0.341 e. The average Bonchev–Trinajstić information content (AvgIpc) is 3.27. The van der Waals surface area contributed by atoms with Crippen molar-refractivity contribution in [2.24, 2.45) is 5.92 Å². The number of amides is 3. The quantitative estimate of drug-likeness (QED) is 0.479. The van der Waals surface area contributed by atoms with Gasteiger partial charge in [-0.3, -0.25) is 19.3 Å². The van der Waals surface area contributed by atoms with E-state index in [9.17, 15) is 19.2 Å². The molecule has 1 aliphatic heterocycles. The van der Waals surface area contributed by atoms with E-state index in [1.165, 1.54) is 11.3 Å². The molecule has 0 saturated carbocycles. The Balaban J connectivity index is 1.67. The second-order valence-electron chi connectivity index (χ2n) is 8.80. The number of anilines is 1. The maximum absolute atomic E-state index is 13.5. The average molecular weight is 469 g/mol. The van der Waals surface area contributed by atoms with Crippen molar-refractivity contribution in [2.75, 3.05) is 11.9 Å². The molecule has 1 atom stereocenters. The third-order valence-corrected chi connectivity index (χ3v) is 7.23. The van der Waals surface area contributed by atoms with Gasteiger partial charge in [0.25, 0.3) is 11.8 Å². The minimum Gasteiger partial charge on any atom is -0.462 e. The predicted molar refractivity (Wildman–Crippen MR) is 126 cm³/mol. The first-order valence-electron chi connectivity index (χ1n) is 11.4. The first kappa shape index (κ1) is 23.2. The standard InChI is InChI=1S/C25H28N2O5S/c1-4-32-25(31)20-17-11-7-8-12-19(17)33-22(20)26-21(28)18(13-14(2)3)27-23(29)15-9-5-6-10-16(15)24(27)30/h5-6,9-10,14,18H,4,7-8,11-13H2,1-3H3,(H,26,28)/t18-/m0/s1. The molecule has 0 fully saturated rings. The lowest BCUT2D eigenvalue weighted by Crippen LogP contribution is -2.48. The van der Waals surface area contributed by atoms with Gasteiger partial charge in [0.15, 0.2) is 0 Å². The molecule has 0 radical (unpaired) electrons. The highest BCUT2D eigenvalue weighted by Crippen LogP contribution is 2.39. The predicted octanol–water partition coefficient (Wildman–Crippen LogP) is 4.45. The molecular weight excluding hydrogens is 440 g/mol. The molecule has 1 aromatic heterocycles. The molecule has 3 amide bonds. The van der Waals surface area contributed by atoms with E-state index in [1.54, 1.807) is 31.2 Å². The van der Waals surface area contributed by atoms with Crippen LogP contribution in [0.2, 0.25) is 0 Å². The highest BCUT2D eigenvalue weighted by Gasteiger charge is 2.43. The third kappa shape index (κ3) is 4.31. The van der Waals surface area contributed by atoms with Crippen molar-refractivity contribution in [2.45, 2.75) is 58.9 Å². The van der Waals surface area contributed by atoms with Crippen LogP contribution < -0.4 is 5.32 Å². The van der Waals surface area contributed by atoms with Crippen molar-refractivity contribution in [3.63, 3.8) is 0 Å². The molecule has 2 heterocycles. The van der Waals surface area contributed by atoms with E-state index in [1.807, 2.05) is 13.8 Å². The topological polar surface area (TPSA) is 92.8 Å². The minimum atomic E-state index is -0.980. The van der Waals surface area contributed by atoms with Gasteiger partial charge in [0.1, 0.15) is 11.0 Å². The zero-order chi connectivity index (χ0) is 23.7. The number of hydrogen-bond donors (Lipinski definition) is 1. The molecule has 0 spiro atoms. The number of carbonyl (C=O) groups excluding carboxylic acids is 4. The van der Waals surface area contributed by atoms with Crippen LogP contribution in [0, 0.1) is 5.92 Å². The third-order valence-electron chi connectivity index (χ3n) is 6.02. The Bertz CT molecular complexity index is 1080. The van der Waals surface area contributed by atoms with E-state index in [-0.39, 0.29) is 12.5 Å². The van der Waals surface area contributed by atoms with Gasteiger partial charge in [-0.25, -0.2) is 4.79 Å². The minimum absolute atomic E-state index is 0.0612. The zero-order valence-electron chi connectivity index (χ0n) is 19.1. The molecule has 0 unspecified atom stereocenters. The Labute approximate surface area is 197 Å². The fraction of sp³-hybridized carbons (Fsp3) is 0.440. The maximum atomic E-state index is 13.5. The number of carbonyl (C=O) groups is 4. The van der Waals surface area contributed by atoms with Crippen LogP contribution in [-0.2, 0) is 22.4 Å². The number of aryl methyl sites for hydroxylation is 1. The summed E-state index contributed by atoms with van der Waals surface area (Å²) in [6.45, 7) is 5.86. The van der Waals surface area contributed by atoms with Crippen LogP contribution in [0.4, 0.5) is 5.00 Å². The zero-order valence-corrected chi connectivity index (χ0v) is 19.9. The molecule has 8 heteroatoms. The van der Waals surface area contributed by atoms with Gasteiger partial charge in [0.2, 0.25) is 5.91 Å². The summed E-state index contributed by atoms with van der Waals surface area (Å²) in [4.78, 5) is 54.5. The SMILES string of the molecule is CCOC(=O)c1c(NC(=O)[C@H](CC(C)C)N2C(=O)c3ccccc3C2=O)sc2c1CCCC2. The molecule has 0 saturated heterocycles. The van der Waals surface area contributed by atoms with E-state index in [2.05, 4.69) is 5.32 Å². The lowest BCUT2D eigenvalue weighted by molar-refractivity contribution is -0.120. The van der Waals surface area contributed by atoms with Crippen molar-refractivity contribution in [1.82, 2.24) is 4.90 Å². The summed E-state index contributed by atoms with van der Waals surface area (Å²) >= 11 is 1.39. The highest BCUT2D eigenvalue weighted by molar-refractivity contribution is 7.17. The maximum Gasteiger partial charge on any atom is 0.341 e. The lowest BCUT2D eigenvalue weighted by atomic mass is 9.95. The van der Waals surface area contributed by atoms with E-state index >= 15 is 0 Å². The first-order valence-corrected chi connectivity index (χ1v) is 12.2. The van der Waals surface area contributed by atoms with Crippen LogP contribution in [0.1, 0.15) is 81.5 Å². The first-order chi connectivity index (χ1) is 15.8. The van der Waals surface area contributed by atoms with Crippen molar-refractivity contribution in [3.05, 3.63) is 51.4 Å².